The normalized spacial score (nSPS) is 16.0. The molecular formula is C21H26N6O2S. The molecule has 3 heterocycles. The molecule has 0 bridgehead atoms. The lowest BCUT2D eigenvalue weighted by Gasteiger charge is -2.33. The number of aromatic nitrogens is 3. The number of anilines is 1. The van der Waals surface area contributed by atoms with E-state index >= 15 is 0 Å². The number of likely N-dealkylation sites (N-methyl/N-ethyl adjacent to an activating group) is 1. The summed E-state index contributed by atoms with van der Waals surface area (Å²) < 4.78 is 1.85. The van der Waals surface area contributed by atoms with Gasteiger partial charge in [-0.05, 0) is 19.0 Å². The van der Waals surface area contributed by atoms with Gasteiger partial charge in [0.1, 0.15) is 17.6 Å². The van der Waals surface area contributed by atoms with Crippen LogP contribution >= 0.6 is 11.3 Å². The van der Waals surface area contributed by atoms with Crippen molar-refractivity contribution in [2.24, 2.45) is 0 Å². The molecule has 1 saturated heterocycles. The number of thiazole rings is 1. The highest BCUT2D eigenvalue weighted by atomic mass is 32.1. The zero-order valence-corrected chi connectivity index (χ0v) is 18.1. The van der Waals surface area contributed by atoms with Gasteiger partial charge >= 0.3 is 0 Å². The van der Waals surface area contributed by atoms with Crippen LogP contribution in [0, 0.1) is 0 Å². The number of carbonyl (C=O) groups is 1. The van der Waals surface area contributed by atoms with Crippen LogP contribution in [0.25, 0.3) is 10.3 Å². The number of amides is 1. The molecule has 0 radical (unpaired) electrons. The first-order valence-electron chi connectivity index (χ1n) is 10.2. The van der Waals surface area contributed by atoms with Crippen LogP contribution in [0.3, 0.4) is 0 Å². The first-order chi connectivity index (χ1) is 14.5. The molecule has 1 aliphatic rings. The number of nitrogens with one attached hydrogen (secondary N) is 1. The molecule has 0 aliphatic carbocycles. The Hall–Kier alpha value is -2.78. The summed E-state index contributed by atoms with van der Waals surface area (Å²) in [4.78, 5) is 38.9. The van der Waals surface area contributed by atoms with Crippen LogP contribution in [0.5, 0.6) is 0 Å². The Balaban J connectivity index is 1.47. The third-order valence-electron chi connectivity index (χ3n) is 5.45. The standard InChI is InChI=1S/C21H26N6O2S/c1-3-25-9-11-26(12-10-25)21-24-19-18(30-21)20(29)27(14-22-19)13-17(28)23-15(2)16-7-5-4-6-8-16/h4-8,14-15H,3,9-13H2,1-2H3,(H,23,28). The van der Waals surface area contributed by atoms with Gasteiger partial charge in [0, 0.05) is 26.2 Å². The summed E-state index contributed by atoms with van der Waals surface area (Å²) in [6.07, 6.45) is 1.41. The third-order valence-corrected chi connectivity index (χ3v) is 6.55. The Labute approximate surface area is 179 Å². The van der Waals surface area contributed by atoms with Crippen LogP contribution < -0.4 is 15.8 Å². The zero-order chi connectivity index (χ0) is 21.1. The van der Waals surface area contributed by atoms with Crippen LogP contribution in [0.15, 0.2) is 41.5 Å². The second-order valence-electron chi connectivity index (χ2n) is 7.45. The summed E-state index contributed by atoms with van der Waals surface area (Å²) in [6.45, 7) is 8.82. The Morgan fingerprint density at radius 2 is 1.93 bits per heavy atom. The van der Waals surface area contributed by atoms with E-state index in [-0.39, 0.29) is 24.1 Å². The molecule has 8 nitrogen and oxygen atoms in total. The van der Waals surface area contributed by atoms with E-state index in [1.165, 1.54) is 22.2 Å². The number of carbonyl (C=O) groups excluding carboxylic acids is 1. The summed E-state index contributed by atoms with van der Waals surface area (Å²) >= 11 is 1.36. The van der Waals surface area contributed by atoms with Gasteiger partial charge in [-0.2, -0.15) is 4.98 Å². The van der Waals surface area contributed by atoms with Crippen molar-refractivity contribution in [1.29, 1.82) is 0 Å². The number of rotatable bonds is 6. The molecule has 1 aromatic carbocycles. The lowest BCUT2D eigenvalue weighted by atomic mass is 10.1. The summed E-state index contributed by atoms with van der Waals surface area (Å²) in [5.41, 5.74) is 1.24. The minimum absolute atomic E-state index is 0.0681. The molecule has 3 aromatic rings. The smallest absolute Gasteiger partial charge is 0.273 e. The maximum Gasteiger partial charge on any atom is 0.273 e. The fourth-order valence-corrected chi connectivity index (χ4v) is 4.63. The van der Waals surface area contributed by atoms with Crippen molar-refractivity contribution in [3.8, 4) is 0 Å². The van der Waals surface area contributed by atoms with Crippen molar-refractivity contribution >= 4 is 32.7 Å². The Bertz CT molecular complexity index is 1070. The largest absolute Gasteiger partial charge is 0.348 e. The van der Waals surface area contributed by atoms with Crippen LogP contribution in [-0.2, 0) is 11.3 Å². The number of hydrogen-bond donors (Lipinski definition) is 1. The van der Waals surface area contributed by atoms with E-state index in [9.17, 15) is 9.59 Å². The molecule has 1 atom stereocenters. The molecule has 1 unspecified atom stereocenters. The number of benzene rings is 1. The van der Waals surface area contributed by atoms with Gasteiger partial charge in [-0.25, -0.2) is 4.98 Å². The van der Waals surface area contributed by atoms with Gasteiger partial charge in [-0.1, -0.05) is 48.6 Å². The Morgan fingerprint density at radius 1 is 1.20 bits per heavy atom. The van der Waals surface area contributed by atoms with Gasteiger partial charge < -0.3 is 15.1 Å². The second kappa shape index (κ2) is 8.93. The van der Waals surface area contributed by atoms with E-state index in [1.807, 2.05) is 37.3 Å². The maximum atomic E-state index is 12.9. The molecule has 0 saturated carbocycles. The van der Waals surface area contributed by atoms with Crippen molar-refractivity contribution in [3.63, 3.8) is 0 Å². The molecule has 1 fully saturated rings. The Kier molecular flexibility index (Phi) is 6.10. The van der Waals surface area contributed by atoms with Crippen LogP contribution in [0.4, 0.5) is 5.13 Å². The van der Waals surface area contributed by atoms with Gasteiger partial charge in [0.05, 0.1) is 6.04 Å². The molecule has 9 heteroatoms. The van der Waals surface area contributed by atoms with Crippen molar-refractivity contribution in [2.45, 2.75) is 26.4 Å². The van der Waals surface area contributed by atoms with Gasteiger partial charge in [-0.15, -0.1) is 0 Å². The lowest BCUT2D eigenvalue weighted by molar-refractivity contribution is -0.122. The van der Waals surface area contributed by atoms with Crippen LogP contribution in [-0.4, -0.2) is 58.1 Å². The monoisotopic (exact) mass is 426 g/mol. The summed E-state index contributed by atoms with van der Waals surface area (Å²) in [5.74, 6) is -0.227. The van der Waals surface area contributed by atoms with E-state index in [0.29, 0.717) is 10.3 Å². The van der Waals surface area contributed by atoms with Crippen LogP contribution in [0.2, 0.25) is 0 Å². The molecule has 2 aromatic heterocycles. The van der Waals surface area contributed by atoms with Crippen LogP contribution in [0.1, 0.15) is 25.5 Å². The van der Waals surface area contributed by atoms with E-state index in [1.54, 1.807) is 0 Å². The molecule has 4 rings (SSSR count). The van der Waals surface area contributed by atoms with Crippen molar-refractivity contribution in [3.05, 3.63) is 52.6 Å². The number of hydrogen-bond acceptors (Lipinski definition) is 7. The molecule has 1 N–H and O–H groups in total. The predicted octanol–water partition coefficient (Wildman–Crippen LogP) is 1.87. The van der Waals surface area contributed by atoms with E-state index in [2.05, 4.69) is 32.0 Å². The summed E-state index contributed by atoms with van der Waals surface area (Å²) in [5, 5.41) is 3.76. The summed E-state index contributed by atoms with van der Waals surface area (Å²) in [6, 6.07) is 9.59. The first-order valence-corrected chi connectivity index (χ1v) is 11.0. The third kappa shape index (κ3) is 4.36. The fourth-order valence-electron chi connectivity index (χ4n) is 3.61. The highest BCUT2D eigenvalue weighted by Crippen LogP contribution is 2.26. The first kappa shape index (κ1) is 20.5. The number of nitrogens with zero attached hydrogens (tertiary/aromatic N) is 5. The average molecular weight is 427 g/mol. The SMILES string of the molecule is CCN1CCN(c2nc3ncn(CC(=O)NC(C)c4ccccc4)c(=O)c3s2)CC1. The molecule has 1 amide bonds. The van der Waals surface area contributed by atoms with Crippen molar-refractivity contribution < 1.29 is 4.79 Å². The van der Waals surface area contributed by atoms with Crippen molar-refractivity contribution in [2.75, 3.05) is 37.6 Å². The van der Waals surface area contributed by atoms with Crippen molar-refractivity contribution in [1.82, 2.24) is 24.8 Å². The molecule has 158 valence electrons. The number of piperazine rings is 1. The summed E-state index contributed by atoms with van der Waals surface area (Å²) in [7, 11) is 0. The quantitative estimate of drug-likeness (QED) is 0.648. The van der Waals surface area contributed by atoms with Gasteiger partial charge in [-0.3, -0.25) is 14.2 Å². The van der Waals surface area contributed by atoms with Gasteiger partial charge in [0.15, 0.2) is 10.8 Å². The van der Waals surface area contributed by atoms with Gasteiger partial charge in [0.25, 0.3) is 5.56 Å². The Morgan fingerprint density at radius 3 is 2.63 bits per heavy atom. The second-order valence-corrected chi connectivity index (χ2v) is 8.43. The zero-order valence-electron chi connectivity index (χ0n) is 17.2. The molecule has 30 heavy (non-hydrogen) atoms. The van der Waals surface area contributed by atoms with E-state index in [4.69, 9.17) is 0 Å². The number of fused-ring (bicyclic) bond motifs is 1. The topological polar surface area (TPSA) is 83.4 Å². The van der Waals surface area contributed by atoms with E-state index in [0.717, 1.165) is 43.4 Å². The fraction of sp³-hybridized carbons (Fsp3) is 0.429. The molecular weight excluding hydrogens is 400 g/mol. The average Bonchev–Trinajstić information content (AvgIpc) is 3.21. The predicted molar refractivity (Wildman–Crippen MR) is 119 cm³/mol. The minimum Gasteiger partial charge on any atom is -0.348 e. The maximum absolute atomic E-state index is 12.9. The highest BCUT2D eigenvalue weighted by molar-refractivity contribution is 7.22. The highest BCUT2D eigenvalue weighted by Gasteiger charge is 2.21. The minimum atomic E-state index is -0.227. The van der Waals surface area contributed by atoms with Gasteiger partial charge in [0.2, 0.25) is 5.91 Å². The molecule has 1 aliphatic heterocycles. The molecule has 0 spiro atoms. The lowest BCUT2D eigenvalue weighted by Crippen LogP contribution is -2.46. The van der Waals surface area contributed by atoms with E-state index < -0.39 is 0 Å².